The van der Waals surface area contributed by atoms with E-state index in [4.69, 9.17) is 5.73 Å². The third kappa shape index (κ3) is 2.58. The fraction of sp³-hybridized carbons (Fsp3) is 0.750. The molecule has 3 unspecified atom stereocenters. The first-order valence-corrected chi connectivity index (χ1v) is 6.71. The summed E-state index contributed by atoms with van der Waals surface area (Å²) in [5.41, 5.74) is 7.40. The van der Waals surface area contributed by atoms with Crippen LogP contribution in [-0.4, -0.2) is 11.0 Å². The summed E-state index contributed by atoms with van der Waals surface area (Å²) >= 11 is 1.75. The van der Waals surface area contributed by atoms with Crippen molar-refractivity contribution in [3.8, 4) is 0 Å². The predicted molar refractivity (Wildman–Crippen MR) is 65.0 cm³/mol. The summed E-state index contributed by atoms with van der Waals surface area (Å²) in [7, 11) is 0. The van der Waals surface area contributed by atoms with E-state index in [1.165, 1.54) is 24.3 Å². The standard InChI is InChI=1S/C12H20N2S/c1-8-4-3-5-10(8)11(13)6-12-14-9(2)7-15-12/h7-8,10-11H,3-6,13H2,1-2H3. The van der Waals surface area contributed by atoms with E-state index < -0.39 is 0 Å². The zero-order valence-electron chi connectivity index (χ0n) is 9.57. The molecule has 2 nitrogen and oxygen atoms in total. The summed E-state index contributed by atoms with van der Waals surface area (Å²) in [6.07, 6.45) is 4.99. The number of thiazole rings is 1. The highest BCUT2D eigenvalue weighted by atomic mass is 32.1. The minimum Gasteiger partial charge on any atom is -0.327 e. The van der Waals surface area contributed by atoms with E-state index in [0.717, 1.165) is 18.0 Å². The van der Waals surface area contributed by atoms with Crippen LogP contribution in [0.2, 0.25) is 0 Å². The lowest BCUT2D eigenvalue weighted by Crippen LogP contribution is -2.33. The Morgan fingerprint density at radius 3 is 2.93 bits per heavy atom. The van der Waals surface area contributed by atoms with Gasteiger partial charge in [-0.2, -0.15) is 0 Å². The topological polar surface area (TPSA) is 38.9 Å². The van der Waals surface area contributed by atoms with Gasteiger partial charge in [0.2, 0.25) is 0 Å². The van der Waals surface area contributed by atoms with Crippen LogP contribution in [0.4, 0.5) is 0 Å². The number of aryl methyl sites for hydroxylation is 1. The fourth-order valence-corrected chi connectivity index (χ4v) is 3.50. The van der Waals surface area contributed by atoms with E-state index in [2.05, 4.69) is 17.3 Å². The van der Waals surface area contributed by atoms with Crippen LogP contribution in [0.5, 0.6) is 0 Å². The molecule has 1 aliphatic carbocycles. The normalized spacial score (nSPS) is 28.2. The summed E-state index contributed by atoms with van der Waals surface area (Å²) in [6.45, 7) is 4.38. The number of hydrogen-bond donors (Lipinski definition) is 1. The summed E-state index contributed by atoms with van der Waals surface area (Å²) in [4.78, 5) is 4.49. The van der Waals surface area contributed by atoms with Crippen molar-refractivity contribution in [3.05, 3.63) is 16.1 Å². The number of nitrogens with zero attached hydrogens (tertiary/aromatic N) is 1. The van der Waals surface area contributed by atoms with Gasteiger partial charge in [-0.25, -0.2) is 4.98 Å². The molecule has 1 aliphatic rings. The highest BCUT2D eigenvalue weighted by Gasteiger charge is 2.29. The maximum Gasteiger partial charge on any atom is 0.0943 e. The van der Waals surface area contributed by atoms with Crippen LogP contribution < -0.4 is 5.73 Å². The zero-order chi connectivity index (χ0) is 10.8. The number of hydrogen-bond acceptors (Lipinski definition) is 3. The first kappa shape index (κ1) is 11.1. The van der Waals surface area contributed by atoms with Crippen molar-refractivity contribution in [2.75, 3.05) is 0 Å². The lowest BCUT2D eigenvalue weighted by Gasteiger charge is -2.22. The Hall–Kier alpha value is -0.410. The van der Waals surface area contributed by atoms with Crippen LogP contribution in [0.1, 0.15) is 36.9 Å². The highest BCUT2D eigenvalue weighted by Crippen LogP contribution is 2.34. The molecular weight excluding hydrogens is 204 g/mol. The van der Waals surface area contributed by atoms with Gasteiger partial charge in [0.05, 0.1) is 5.01 Å². The number of nitrogens with two attached hydrogens (primary N) is 1. The lowest BCUT2D eigenvalue weighted by molar-refractivity contribution is 0.343. The van der Waals surface area contributed by atoms with Crippen molar-refractivity contribution in [1.29, 1.82) is 0 Å². The molecule has 3 atom stereocenters. The molecule has 2 N–H and O–H groups in total. The van der Waals surface area contributed by atoms with Crippen LogP contribution in [0.15, 0.2) is 5.38 Å². The molecule has 1 aromatic rings. The second kappa shape index (κ2) is 4.62. The molecule has 0 bridgehead atoms. The number of aromatic nitrogens is 1. The van der Waals surface area contributed by atoms with E-state index in [1.807, 2.05) is 6.92 Å². The molecule has 1 fully saturated rings. The van der Waals surface area contributed by atoms with Gasteiger partial charge in [0.1, 0.15) is 0 Å². The Labute approximate surface area is 95.9 Å². The van der Waals surface area contributed by atoms with Crippen molar-refractivity contribution in [2.24, 2.45) is 17.6 Å². The average Bonchev–Trinajstić information content (AvgIpc) is 2.75. The van der Waals surface area contributed by atoms with Crippen molar-refractivity contribution in [1.82, 2.24) is 4.98 Å². The van der Waals surface area contributed by atoms with Crippen LogP contribution in [0.3, 0.4) is 0 Å². The molecule has 0 aromatic carbocycles. The van der Waals surface area contributed by atoms with Gasteiger partial charge in [-0.15, -0.1) is 11.3 Å². The monoisotopic (exact) mass is 224 g/mol. The smallest absolute Gasteiger partial charge is 0.0943 e. The molecule has 84 valence electrons. The molecule has 2 rings (SSSR count). The maximum absolute atomic E-state index is 6.28. The first-order chi connectivity index (χ1) is 7.16. The summed E-state index contributed by atoms with van der Waals surface area (Å²) in [5.74, 6) is 1.52. The second-order valence-electron chi connectivity index (χ2n) is 4.82. The van der Waals surface area contributed by atoms with Gasteiger partial charge in [0, 0.05) is 23.5 Å². The molecule has 0 spiro atoms. The molecule has 1 saturated carbocycles. The summed E-state index contributed by atoms with van der Waals surface area (Å²) < 4.78 is 0. The lowest BCUT2D eigenvalue weighted by atomic mass is 9.89. The van der Waals surface area contributed by atoms with E-state index in [1.54, 1.807) is 11.3 Å². The van der Waals surface area contributed by atoms with Gasteiger partial charge < -0.3 is 5.73 Å². The Balaban J connectivity index is 1.94. The van der Waals surface area contributed by atoms with Crippen molar-refractivity contribution >= 4 is 11.3 Å². The molecule has 0 amide bonds. The van der Waals surface area contributed by atoms with Crippen LogP contribution in [0, 0.1) is 18.8 Å². The first-order valence-electron chi connectivity index (χ1n) is 5.83. The van der Waals surface area contributed by atoms with E-state index in [9.17, 15) is 0 Å². The fourth-order valence-electron chi connectivity index (χ4n) is 2.66. The molecule has 3 heteroatoms. The number of rotatable bonds is 3. The third-order valence-electron chi connectivity index (χ3n) is 3.55. The predicted octanol–water partition coefficient (Wildman–Crippen LogP) is 2.76. The van der Waals surface area contributed by atoms with Crippen LogP contribution in [0.25, 0.3) is 0 Å². The maximum atomic E-state index is 6.28. The van der Waals surface area contributed by atoms with E-state index in [-0.39, 0.29) is 0 Å². The van der Waals surface area contributed by atoms with Gasteiger partial charge in [-0.1, -0.05) is 19.8 Å². The van der Waals surface area contributed by atoms with Crippen LogP contribution in [-0.2, 0) is 6.42 Å². The van der Waals surface area contributed by atoms with Gasteiger partial charge in [-0.05, 0) is 25.2 Å². The van der Waals surface area contributed by atoms with Crippen LogP contribution >= 0.6 is 11.3 Å². The van der Waals surface area contributed by atoms with E-state index in [0.29, 0.717) is 12.0 Å². The molecule has 1 aromatic heterocycles. The Morgan fingerprint density at radius 2 is 2.40 bits per heavy atom. The Kier molecular flexibility index (Phi) is 3.42. The largest absolute Gasteiger partial charge is 0.327 e. The molecule has 0 saturated heterocycles. The van der Waals surface area contributed by atoms with Crippen molar-refractivity contribution < 1.29 is 0 Å². The summed E-state index contributed by atoms with van der Waals surface area (Å²) in [6, 6.07) is 0.313. The Bertz CT molecular complexity index is 321. The van der Waals surface area contributed by atoms with Gasteiger partial charge >= 0.3 is 0 Å². The van der Waals surface area contributed by atoms with Gasteiger partial charge in [-0.3, -0.25) is 0 Å². The minimum absolute atomic E-state index is 0.313. The van der Waals surface area contributed by atoms with Gasteiger partial charge in [0.25, 0.3) is 0 Å². The van der Waals surface area contributed by atoms with Crippen molar-refractivity contribution in [3.63, 3.8) is 0 Å². The average molecular weight is 224 g/mol. The third-order valence-corrected chi connectivity index (χ3v) is 4.54. The molecule has 1 heterocycles. The Morgan fingerprint density at radius 1 is 1.60 bits per heavy atom. The molecule has 0 aliphatic heterocycles. The SMILES string of the molecule is Cc1csc(CC(N)C2CCCC2C)n1. The molecule has 15 heavy (non-hydrogen) atoms. The molecular formula is C12H20N2S. The second-order valence-corrected chi connectivity index (χ2v) is 5.77. The quantitative estimate of drug-likeness (QED) is 0.857. The minimum atomic E-state index is 0.313. The van der Waals surface area contributed by atoms with Gasteiger partial charge in [0.15, 0.2) is 0 Å². The van der Waals surface area contributed by atoms with Crippen molar-refractivity contribution in [2.45, 2.75) is 45.6 Å². The van der Waals surface area contributed by atoms with E-state index >= 15 is 0 Å². The summed E-state index contributed by atoms with van der Waals surface area (Å²) in [5, 5.41) is 3.32. The zero-order valence-corrected chi connectivity index (χ0v) is 10.4. The molecule has 0 radical (unpaired) electrons. The highest BCUT2D eigenvalue weighted by molar-refractivity contribution is 7.09.